The van der Waals surface area contributed by atoms with Gasteiger partial charge >= 0.3 is 0 Å². The van der Waals surface area contributed by atoms with Gasteiger partial charge in [0.15, 0.2) is 17.4 Å². The molecule has 98 valence electrons. The molecule has 6 heteroatoms. The number of carbonyl (C=O) groups is 1. The molecule has 0 aliphatic heterocycles. The van der Waals surface area contributed by atoms with Crippen molar-refractivity contribution in [2.24, 2.45) is 0 Å². The third-order valence-electron chi connectivity index (χ3n) is 2.45. The molecule has 0 amide bonds. The molecule has 2 rings (SSSR count). The molecule has 0 atom stereocenters. The van der Waals surface area contributed by atoms with Gasteiger partial charge in [-0.15, -0.1) is 0 Å². The van der Waals surface area contributed by atoms with Gasteiger partial charge in [0.25, 0.3) is 0 Å². The van der Waals surface area contributed by atoms with E-state index in [-0.39, 0.29) is 15.6 Å². The molecule has 0 spiro atoms. The summed E-state index contributed by atoms with van der Waals surface area (Å²) < 4.78 is 39.9. The summed E-state index contributed by atoms with van der Waals surface area (Å²) in [5.74, 6) is -4.33. The first-order valence-electron chi connectivity index (χ1n) is 5.05. The highest BCUT2D eigenvalue weighted by Crippen LogP contribution is 2.25. The highest BCUT2D eigenvalue weighted by atomic mass is 35.5. The Hall–Kier alpha value is -1.52. The maximum Gasteiger partial charge on any atom is 0.197 e. The predicted molar refractivity (Wildman–Crippen MR) is 66.2 cm³/mol. The molecule has 0 radical (unpaired) electrons. The number of halogens is 5. The van der Waals surface area contributed by atoms with Crippen molar-refractivity contribution in [2.45, 2.75) is 0 Å². The Balaban J connectivity index is 2.56. The van der Waals surface area contributed by atoms with Gasteiger partial charge in [0, 0.05) is 5.56 Å². The van der Waals surface area contributed by atoms with E-state index in [1.165, 1.54) is 6.07 Å². The van der Waals surface area contributed by atoms with E-state index in [9.17, 15) is 18.0 Å². The van der Waals surface area contributed by atoms with E-state index >= 15 is 0 Å². The molecule has 0 saturated carbocycles. The van der Waals surface area contributed by atoms with Crippen LogP contribution in [-0.4, -0.2) is 5.78 Å². The second kappa shape index (κ2) is 5.23. The molecule has 0 unspecified atom stereocenters. The number of rotatable bonds is 2. The molecule has 0 aliphatic rings. The van der Waals surface area contributed by atoms with Crippen LogP contribution in [0.25, 0.3) is 0 Å². The minimum atomic E-state index is -1.37. The van der Waals surface area contributed by atoms with Crippen LogP contribution >= 0.6 is 23.2 Å². The van der Waals surface area contributed by atoms with Crippen LogP contribution in [0.3, 0.4) is 0 Å². The SMILES string of the molecule is O=C(c1ccc(Cl)c(F)c1)c1c(Cl)ccc(F)c1F. The first kappa shape index (κ1) is 13.9. The minimum Gasteiger partial charge on any atom is -0.288 e. The predicted octanol–water partition coefficient (Wildman–Crippen LogP) is 4.64. The smallest absolute Gasteiger partial charge is 0.197 e. The number of hydrogen-bond donors (Lipinski definition) is 0. The topological polar surface area (TPSA) is 17.1 Å². The summed E-state index contributed by atoms with van der Waals surface area (Å²) >= 11 is 11.1. The summed E-state index contributed by atoms with van der Waals surface area (Å²) in [5.41, 5.74) is -0.809. The van der Waals surface area contributed by atoms with Gasteiger partial charge < -0.3 is 0 Å². The second-order valence-corrected chi connectivity index (χ2v) is 4.49. The zero-order valence-corrected chi connectivity index (χ0v) is 10.7. The molecule has 0 N–H and O–H groups in total. The highest BCUT2D eigenvalue weighted by molar-refractivity contribution is 6.35. The summed E-state index contributed by atoms with van der Waals surface area (Å²) in [6.07, 6.45) is 0. The van der Waals surface area contributed by atoms with Crippen LogP contribution < -0.4 is 0 Å². The van der Waals surface area contributed by atoms with Crippen LogP contribution in [0, 0.1) is 17.5 Å². The molecule has 2 aromatic carbocycles. The van der Waals surface area contributed by atoms with E-state index in [0.29, 0.717) is 0 Å². The molecule has 0 bridgehead atoms. The Morgan fingerprint density at radius 2 is 1.53 bits per heavy atom. The Morgan fingerprint density at radius 1 is 0.895 bits per heavy atom. The van der Waals surface area contributed by atoms with Crippen LogP contribution in [-0.2, 0) is 0 Å². The zero-order chi connectivity index (χ0) is 14.2. The van der Waals surface area contributed by atoms with Crippen molar-refractivity contribution in [1.82, 2.24) is 0 Å². The van der Waals surface area contributed by atoms with Crippen molar-refractivity contribution in [3.05, 3.63) is 69.0 Å². The lowest BCUT2D eigenvalue weighted by atomic mass is 10.0. The van der Waals surface area contributed by atoms with Crippen molar-refractivity contribution < 1.29 is 18.0 Å². The van der Waals surface area contributed by atoms with E-state index in [0.717, 1.165) is 24.3 Å². The third kappa shape index (κ3) is 2.60. The normalized spacial score (nSPS) is 10.6. The fourth-order valence-corrected chi connectivity index (χ4v) is 1.87. The molecule has 0 aliphatic carbocycles. The third-order valence-corrected chi connectivity index (χ3v) is 3.07. The molecular weight excluding hydrogens is 300 g/mol. The molecule has 0 aromatic heterocycles. The first-order chi connectivity index (χ1) is 8.91. The molecule has 0 heterocycles. The van der Waals surface area contributed by atoms with E-state index in [2.05, 4.69) is 0 Å². The van der Waals surface area contributed by atoms with Gasteiger partial charge in [-0.3, -0.25) is 4.79 Å². The number of hydrogen-bond acceptors (Lipinski definition) is 1. The quantitative estimate of drug-likeness (QED) is 0.583. The van der Waals surface area contributed by atoms with Crippen LogP contribution in [0.5, 0.6) is 0 Å². The monoisotopic (exact) mass is 304 g/mol. The zero-order valence-electron chi connectivity index (χ0n) is 9.18. The summed E-state index contributed by atoms with van der Waals surface area (Å²) in [6.45, 7) is 0. The van der Waals surface area contributed by atoms with Gasteiger partial charge in [-0.25, -0.2) is 13.2 Å². The fourth-order valence-electron chi connectivity index (χ4n) is 1.52. The molecule has 19 heavy (non-hydrogen) atoms. The van der Waals surface area contributed by atoms with E-state index < -0.39 is 28.8 Å². The largest absolute Gasteiger partial charge is 0.288 e. The lowest BCUT2D eigenvalue weighted by Gasteiger charge is -2.06. The van der Waals surface area contributed by atoms with E-state index in [1.807, 2.05) is 0 Å². The van der Waals surface area contributed by atoms with E-state index in [4.69, 9.17) is 23.2 Å². The average molecular weight is 305 g/mol. The molecule has 0 fully saturated rings. The number of ketones is 1. The van der Waals surface area contributed by atoms with Gasteiger partial charge in [-0.1, -0.05) is 23.2 Å². The lowest BCUT2D eigenvalue weighted by Crippen LogP contribution is -2.07. The van der Waals surface area contributed by atoms with Gasteiger partial charge in [0.05, 0.1) is 15.6 Å². The minimum absolute atomic E-state index is 0.173. The van der Waals surface area contributed by atoms with Crippen LogP contribution in [0.2, 0.25) is 10.0 Å². The summed E-state index contributed by atoms with van der Waals surface area (Å²) in [4.78, 5) is 12.0. The standard InChI is InChI=1S/C13H5Cl2F3O/c14-7-2-1-6(5-10(7)17)13(19)11-8(15)3-4-9(16)12(11)18/h1-5H. The summed E-state index contributed by atoms with van der Waals surface area (Å²) in [7, 11) is 0. The summed E-state index contributed by atoms with van der Waals surface area (Å²) in [6, 6.07) is 5.05. The average Bonchev–Trinajstić information content (AvgIpc) is 2.37. The Morgan fingerprint density at radius 3 is 2.16 bits per heavy atom. The fraction of sp³-hybridized carbons (Fsp3) is 0. The number of benzene rings is 2. The summed E-state index contributed by atoms with van der Waals surface area (Å²) in [5, 5.41) is -0.429. The van der Waals surface area contributed by atoms with Crippen LogP contribution in [0.15, 0.2) is 30.3 Å². The molecule has 2 aromatic rings. The number of carbonyl (C=O) groups excluding carboxylic acids is 1. The maximum atomic E-state index is 13.6. The molecule has 1 nitrogen and oxygen atoms in total. The van der Waals surface area contributed by atoms with Gasteiger partial charge in [0.1, 0.15) is 5.82 Å². The molecule has 0 saturated heterocycles. The van der Waals surface area contributed by atoms with Crippen LogP contribution in [0.4, 0.5) is 13.2 Å². The van der Waals surface area contributed by atoms with Crippen LogP contribution in [0.1, 0.15) is 15.9 Å². The Labute approximate surface area is 116 Å². The maximum absolute atomic E-state index is 13.6. The van der Waals surface area contributed by atoms with Crippen molar-refractivity contribution in [2.75, 3.05) is 0 Å². The van der Waals surface area contributed by atoms with Gasteiger partial charge in [-0.2, -0.15) is 0 Å². The van der Waals surface area contributed by atoms with Crippen molar-refractivity contribution in [3.63, 3.8) is 0 Å². The lowest BCUT2D eigenvalue weighted by molar-refractivity contribution is 0.103. The first-order valence-corrected chi connectivity index (χ1v) is 5.80. The second-order valence-electron chi connectivity index (χ2n) is 3.68. The van der Waals surface area contributed by atoms with Crippen molar-refractivity contribution in [3.8, 4) is 0 Å². The van der Waals surface area contributed by atoms with E-state index in [1.54, 1.807) is 0 Å². The highest BCUT2D eigenvalue weighted by Gasteiger charge is 2.21. The van der Waals surface area contributed by atoms with Crippen molar-refractivity contribution >= 4 is 29.0 Å². The van der Waals surface area contributed by atoms with Gasteiger partial charge in [-0.05, 0) is 30.3 Å². The molecular formula is C13H5Cl2F3O. The Kier molecular flexibility index (Phi) is 3.83. The van der Waals surface area contributed by atoms with Gasteiger partial charge in [0.2, 0.25) is 0 Å². The van der Waals surface area contributed by atoms with Crippen molar-refractivity contribution in [1.29, 1.82) is 0 Å². The Bertz CT molecular complexity index is 671.